The summed E-state index contributed by atoms with van der Waals surface area (Å²) in [6.07, 6.45) is 0.808. The quantitative estimate of drug-likeness (QED) is 0.0748. The lowest BCUT2D eigenvalue weighted by atomic mass is 10.1. The molecule has 62 heavy (non-hydrogen) atoms. The van der Waals surface area contributed by atoms with Gasteiger partial charge in [-0.25, -0.2) is 0 Å². The first-order valence-electron chi connectivity index (χ1n) is 22.6. The number of hydrogen-bond acceptors (Lipinski definition) is 16. The monoisotopic (exact) mass is 904 g/mol. The zero-order chi connectivity index (χ0) is 47.4. The molecule has 0 aromatic rings. The molecule has 0 aromatic carbocycles. The van der Waals surface area contributed by atoms with Gasteiger partial charge in [-0.05, 0) is 117 Å². The Labute approximate surface area is 374 Å². The lowest BCUT2D eigenvalue weighted by molar-refractivity contribution is -0.163. The second-order valence-electron chi connectivity index (χ2n) is 19.6. The Balaban J connectivity index is 3.51. The second-order valence-corrected chi connectivity index (χ2v) is 22.4. The number of hydrogen-bond donors (Lipinski definition) is 1. The van der Waals surface area contributed by atoms with Crippen molar-refractivity contribution in [3.63, 3.8) is 0 Å². The van der Waals surface area contributed by atoms with Crippen LogP contribution in [-0.4, -0.2) is 185 Å². The molecule has 0 aliphatic carbocycles. The van der Waals surface area contributed by atoms with Crippen LogP contribution in [0.25, 0.3) is 0 Å². The van der Waals surface area contributed by atoms with Gasteiger partial charge in [-0.1, -0.05) is 0 Å². The van der Waals surface area contributed by atoms with Gasteiger partial charge in [-0.3, -0.25) is 43.6 Å². The summed E-state index contributed by atoms with van der Waals surface area (Å²) in [6.45, 7) is 32.1. The Morgan fingerprint density at radius 3 is 1.19 bits per heavy atom. The molecule has 1 atom stereocenters. The van der Waals surface area contributed by atoms with E-state index in [1.807, 2.05) is 103 Å². The molecule has 0 bridgehead atoms. The van der Waals surface area contributed by atoms with Crippen molar-refractivity contribution in [2.24, 2.45) is 0 Å². The van der Waals surface area contributed by atoms with Gasteiger partial charge in [0, 0.05) is 91.2 Å². The molecule has 1 heterocycles. The molecule has 1 N–H and O–H groups in total. The van der Waals surface area contributed by atoms with Crippen LogP contribution in [0.15, 0.2) is 0 Å². The average molecular weight is 904 g/mol. The third-order valence-corrected chi connectivity index (χ3v) is 12.2. The highest BCUT2D eigenvalue weighted by molar-refractivity contribution is 6.60. The normalized spacial score (nSPS) is 17.0. The van der Waals surface area contributed by atoms with E-state index in [1.54, 1.807) is 20.8 Å². The molecule has 0 aromatic heterocycles. The van der Waals surface area contributed by atoms with Crippen LogP contribution in [-0.2, 0) is 56.2 Å². The third kappa shape index (κ3) is 26.8. The molecule has 0 saturated carbocycles. The lowest BCUT2D eigenvalue weighted by Crippen LogP contribution is -2.53. The highest BCUT2D eigenvalue weighted by Gasteiger charge is 2.40. The lowest BCUT2D eigenvalue weighted by Gasteiger charge is -2.37. The number of carbonyl (C=O) groups is 5. The van der Waals surface area contributed by atoms with E-state index in [2.05, 4.69) is 5.32 Å². The predicted molar refractivity (Wildman–Crippen MR) is 240 cm³/mol. The first-order chi connectivity index (χ1) is 28.6. The zero-order valence-electron chi connectivity index (χ0n) is 41.2. The molecule has 362 valence electrons. The molecular weight excluding hydrogens is 819 g/mol. The Hall–Kier alpha value is -2.71. The Morgan fingerprint density at radius 2 is 0.871 bits per heavy atom. The number of ether oxygens (including phenoxy) is 4. The maximum absolute atomic E-state index is 14.1. The number of amides is 1. The van der Waals surface area contributed by atoms with Crippen molar-refractivity contribution in [1.82, 2.24) is 24.9 Å². The van der Waals surface area contributed by atoms with Crippen molar-refractivity contribution < 1.29 is 56.2 Å². The van der Waals surface area contributed by atoms with Crippen molar-refractivity contribution >= 4 is 38.6 Å². The highest BCUT2D eigenvalue weighted by atomic mass is 28.4. The fourth-order valence-corrected chi connectivity index (χ4v) is 9.33. The molecule has 18 heteroatoms. The fraction of sp³-hybridized carbons (Fsp3) is 0.886. The molecule has 1 aliphatic heterocycles. The number of nitrogens with zero attached hydrogens (tertiary/aromatic N) is 4. The number of rotatable bonds is 21. The van der Waals surface area contributed by atoms with Gasteiger partial charge in [0.25, 0.3) is 0 Å². The minimum Gasteiger partial charge on any atom is -0.459 e. The Kier molecular flexibility index (Phi) is 24.9. The molecule has 0 radical (unpaired) electrons. The van der Waals surface area contributed by atoms with Crippen molar-refractivity contribution in [2.75, 3.05) is 98.4 Å². The van der Waals surface area contributed by atoms with Gasteiger partial charge < -0.3 is 37.5 Å². The summed E-state index contributed by atoms with van der Waals surface area (Å²) in [7, 11) is -2.87. The topological polar surface area (TPSA) is 175 Å². The van der Waals surface area contributed by atoms with Gasteiger partial charge in [0.1, 0.15) is 28.4 Å². The van der Waals surface area contributed by atoms with Crippen LogP contribution in [0.1, 0.15) is 123 Å². The largest absolute Gasteiger partial charge is 0.500 e. The number of esters is 4. The van der Waals surface area contributed by atoms with Crippen LogP contribution in [0, 0.1) is 0 Å². The van der Waals surface area contributed by atoms with E-state index in [1.165, 1.54) is 0 Å². The maximum atomic E-state index is 14.1. The third-order valence-electron chi connectivity index (χ3n) is 9.03. The van der Waals surface area contributed by atoms with Crippen LogP contribution >= 0.6 is 0 Å². The van der Waals surface area contributed by atoms with Gasteiger partial charge in [-0.2, -0.15) is 0 Å². The van der Waals surface area contributed by atoms with Crippen LogP contribution in [0.3, 0.4) is 0 Å². The molecule has 1 unspecified atom stereocenters. The number of carbonyl (C=O) groups excluding carboxylic acids is 5. The molecule has 17 nitrogen and oxygen atoms in total. The van der Waals surface area contributed by atoms with Crippen molar-refractivity contribution in [3.05, 3.63) is 0 Å². The molecule has 1 fully saturated rings. The Morgan fingerprint density at radius 1 is 0.532 bits per heavy atom. The summed E-state index contributed by atoms with van der Waals surface area (Å²) in [5.41, 5.74) is -2.86. The molecule has 1 rings (SSSR count). The van der Waals surface area contributed by atoms with Crippen LogP contribution in [0.5, 0.6) is 0 Å². The molecule has 1 amide bonds. The van der Waals surface area contributed by atoms with E-state index in [0.717, 1.165) is 0 Å². The van der Waals surface area contributed by atoms with Crippen LogP contribution in [0.4, 0.5) is 0 Å². The average Bonchev–Trinajstić information content (AvgIpc) is 3.08. The highest BCUT2D eigenvalue weighted by Crippen LogP contribution is 2.20. The van der Waals surface area contributed by atoms with E-state index in [4.69, 9.17) is 32.2 Å². The van der Waals surface area contributed by atoms with E-state index >= 15 is 0 Å². The van der Waals surface area contributed by atoms with Gasteiger partial charge in [0.2, 0.25) is 5.91 Å². The summed E-state index contributed by atoms with van der Waals surface area (Å²) >= 11 is 0. The zero-order valence-corrected chi connectivity index (χ0v) is 42.2. The first-order valence-corrected chi connectivity index (χ1v) is 24.5. The van der Waals surface area contributed by atoms with Crippen molar-refractivity contribution in [2.45, 2.75) is 158 Å². The maximum Gasteiger partial charge on any atom is 0.500 e. The summed E-state index contributed by atoms with van der Waals surface area (Å²) in [6, 6.07) is -0.276. The minimum atomic E-state index is -2.87. The molecule has 1 aliphatic rings. The van der Waals surface area contributed by atoms with Gasteiger partial charge in [0.05, 0.1) is 19.6 Å². The summed E-state index contributed by atoms with van der Waals surface area (Å²) < 4.78 is 40.9. The molecule has 1 saturated heterocycles. The van der Waals surface area contributed by atoms with E-state index < -0.39 is 55.2 Å². The summed E-state index contributed by atoms with van der Waals surface area (Å²) in [5, 5.41) is 3.00. The summed E-state index contributed by atoms with van der Waals surface area (Å²) in [4.78, 5) is 74.9. The second kappa shape index (κ2) is 26.9. The van der Waals surface area contributed by atoms with E-state index in [-0.39, 0.29) is 44.4 Å². The van der Waals surface area contributed by atoms with E-state index in [0.29, 0.717) is 91.2 Å². The van der Waals surface area contributed by atoms with Crippen molar-refractivity contribution in [1.29, 1.82) is 0 Å². The van der Waals surface area contributed by atoms with E-state index in [9.17, 15) is 24.0 Å². The predicted octanol–water partition coefficient (Wildman–Crippen LogP) is 4.28. The van der Waals surface area contributed by atoms with Crippen LogP contribution < -0.4 is 5.32 Å². The van der Waals surface area contributed by atoms with Gasteiger partial charge in [0.15, 0.2) is 0 Å². The van der Waals surface area contributed by atoms with Gasteiger partial charge in [-0.15, -0.1) is 0 Å². The smallest absolute Gasteiger partial charge is 0.459 e. The number of nitrogens with one attached hydrogen (secondary N) is 1. The standard InChI is InChI=1S/C44H85N5O12Si/c1-16-55-62(56-17-2,57-18-3)31-19-22-45-36(50)21-20-35(40(54)61-44(13,14)15)49-29-27-47(33-38(52)59-42(7,8)9)25-23-46(32-37(51)58-41(4,5)6)24-26-48(28-30-49)34-39(53)60-43(10,11)12/h35H,16-34H2,1-15H3,(H,45,50). The van der Waals surface area contributed by atoms with Crippen LogP contribution in [0.2, 0.25) is 6.04 Å². The molecular formula is C44H85N5O12Si. The van der Waals surface area contributed by atoms with Gasteiger partial charge >= 0.3 is 32.7 Å². The fourth-order valence-electron chi connectivity index (χ4n) is 6.72. The first kappa shape index (κ1) is 57.3. The van der Waals surface area contributed by atoms with Crippen molar-refractivity contribution in [3.8, 4) is 0 Å². The molecule has 0 spiro atoms. The minimum absolute atomic E-state index is 0.0150. The Bertz CT molecular complexity index is 1310. The summed E-state index contributed by atoms with van der Waals surface area (Å²) in [5.74, 6) is -1.87. The SMILES string of the molecule is CCO[Si](CCCNC(=O)CCC(C(=O)OC(C)(C)C)N1CCN(CC(=O)OC(C)(C)C)CCN(CC(=O)OC(C)(C)C)CCN(CC(=O)OC(C)(C)C)CC1)(OCC)OCC.